The molecule has 0 heterocycles. The summed E-state index contributed by atoms with van der Waals surface area (Å²) in [6.45, 7) is 4.12. The van der Waals surface area contributed by atoms with Crippen molar-refractivity contribution in [1.29, 1.82) is 5.26 Å². The van der Waals surface area contributed by atoms with Gasteiger partial charge in [0.2, 0.25) is 5.91 Å². The van der Waals surface area contributed by atoms with Crippen LogP contribution in [0.5, 0.6) is 0 Å². The van der Waals surface area contributed by atoms with E-state index in [9.17, 15) is 9.90 Å². The number of hydrogen-bond donors (Lipinski definition) is 2. The second kappa shape index (κ2) is 7.34. The van der Waals surface area contributed by atoms with Crippen LogP contribution in [0.2, 0.25) is 0 Å². The van der Waals surface area contributed by atoms with Gasteiger partial charge < -0.3 is 10.4 Å². The van der Waals surface area contributed by atoms with Crippen LogP contribution in [0.15, 0.2) is 0 Å². The Morgan fingerprint density at radius 2 is 2.14 bits per heavy atom. The molecule has 0 fully saturated rings. The highest BCUT2D eigenvalue weighted by Gasteiger charge is 2.14. The summed E-state index contributed by atoms with van der Waals surface area (Å²) < 4.78 is 0. The van der Waals surface area contributed by atoms with Crippen molar-refractivity contribution in [3.63, 3.8) is 0 Å². The largest absolute Gasteiger partial charge is 0.393 e. The first-order valence-electron chi connectivity index (χ1n) is 5.01. The predicted molar refractivity (Wildman–Crippen MR) is 53.3 cm³/mol. The van der Waals surface area contributed by atoms with Crippen molar-refractivity contribution < 1.29 is 9.90 Å². The summed E-state index contributed by atoms with van der Waals surface area (Å²) in [5.41, 5.74) is 0. The molecule has 0 aliphatic heterocycles. The summed E-state index contributed by atoms with van der Waals surface area (Å²) in [6.07, 6.45) is 1.39. The Kier molecular flexibility index (Phi) is 6.77. The molecule has 0 aromatic heterocycles. The molecule has 2 N–H and O–H groups in total. The zero-order valence-electron chi connectivity index (χ0n) is 8.79. The van der Waals surface area contributed by atoms with Crippen LogP contribution in [0.1, 0.15) is 33.1 Å². The van der Waals surface area contributed by atoms with E-state index in [1.807, 2.05) is 13.0 Å². The fourth-order valence-electron chi connectivity index (χ4n) is 1.02. The van der Waals surface area contributed by atoms with Gasteiger partial charge in [-0.05, 0) is 19.3 Å². The molecule has 0 aliphatic rings. The lowest BCUT2D eigenvalue weighted by molar-refractivity contribution is -0.123. The quantitative estimate of drug-likeness (QED) is 0.663. The molecule has 0 saturated carbocycles. The van der Waals surface area contributed by atoms with E-state index in [-0.39, 0.29) is 12.0 Å². The highest BCUT2D eigenvalue weighted by atomic mass is 16.3. The Hall–Kier alpha value is -1.08. The molecular weight excluding hydrogens is 180 g/mol. The number of nitriles is 1. The minimum absolute atomic E-state index is 0.238. The van der Waals surface area contributed by atoms with Gasteiger partial charge in [0.1, 0.15) is 5.92 Å². The maximum Gasteiger partial charge on any atom is 0.237 e. The minimum Gasteiger partial charge on any atom is -0.393 e. The van der Waals surface area contributed by atoms with Gasteiger partial charge in [0.25, 0.3) is 0 Å². The zero-order chi connectivity index (χ0) is 11.0. The van der Waals surface area contributed by atoms with E-state index in [4.69, 9.17) is 5.26 Å². The molecule has 0 aromatic carbocycles. The first-order chi connectivity index (χ1) is 6.65. The summed E-state index contributed by atoms with van der Waals surface area (Å²) in [5, 5.41) is 20.4. The highest BCUT2D eigenvalue weighted by molar-refractivity contribution is 5.80. The lowest BCUT2D eigenvalue weighted by Gasteiger charge is -2.10. The van der Waals surface area contributed by atoms with Crippen LogP contribution in [0.4, 0.5) is 0 Å². The van der Waals surface area contributed by atoms with Crippen LogP contribution < -0.4 is 5.32 Å². The van der Waals surface area contributed by atoms with Crippen LogP contribution in [-0.4, -0.2) is 23.7 Å². The highest BCUT2D eigenvalue weighted by Crippen LogP contribution is 2.00. The Morgan fingerprint density at radius 1 is 1.50 bits per heavy atom. The number of nitrogens with one attached hydrogen (secondary N) is 1. The zero-order valence-corrected chi connectivity index (χ0v) is 8.79. The average Bonchev–Trinajstić information content (AvgIpc) is 2.19. The van der Waals surface area contributed by atoms with Crippen molar-refractivity contribution in [3.05, 3.63) is 0 Å². The molecule has 2 atom stereocenters. The molecule has 1 amide bonds. The first-order valence-corrected chi connectivity index (χ1v) is 5.01. The van der Waals surface area contributed by atoms with Gasteiger partial charge in [-0.3, -0.25) is 4.79 Å². The standard InChI is InChI=1S/C10H18N2O2/c1-3-8(7-11)10(14)12-6-5-9(13)4-2/h8-9,13H,3-6H2,1-2H3,(H,12,14). The second-order valence-corrected chi connectivity index (χ2v) is 3.23. The van der Waals surface area contributed by atoms with E-state index in [1.165, 1.54) is 0 Å². The molecule has 0 aromatic rings. The number of hydrogen-bond acceptors (Lipinski definition) is 3. The topological polar surface area (TPSA) is 73.1 Å². The van der Waals surface area contributed by atoms with Gasteiger partial charge in [-0.1, -0.05) is 13.8 Å². The molecular formula is C10H18N2O2. The SMILES string of the molecule is CCC(O)CCNC(=O)C(C#N)CC. The van der Waals surface area contributed by atoms with Crippen LogP contribution in [0.3, 0.4) is 0 Å². The van der Waals surface area contributed by atoms with Crippen LogP contribution >= 0.6 is 0 Å². The third-order valence-electron chi connectivity index (χ3n) is 2.13. The summed E-state index contributed by atoms with van der Waals surface area (Å²) in [7, 11) is 0. The summed E-state index contributed by atoms with van der Waals surface area (Å²) >= 11 is 0. The third-order valence-corrected chi connectivity index (χ3v) is 2.13. The van der Waals surface area contributed by atoms with Crippen LogP contribution in [-0.2, 0) is 4.79 Å². The average molecular weight is 198 g/mol. The van der Waals surface area contributed by atoms with Crippen molar-refractivity contribution in [2.45, 2.75) is 39.2 Å². The van der Waals surface area contributed by atoms with E-state index in [1.54, 1.807) is 6.92 Å². The molecule has 0 bridgehead atoms. The lowest BCUT2D eigenvalue weighted by Crippen LogP contribution is -2.31. The summed E-state index contributed by atoms with van der Waals surface area (Å²) in [4.78, 5) is 11.3. The van der Waals surface area contributed by atoms with Gasteiger partial charge in [0.05, 0.1) is 12.2 Å². The summed E-state index contributed by atoms with van der Waals surface area (Å²) in [5.74, 6) is -0.799. The number of aliphatic hydroxyl groups excluding tert-OH is 1. The molecule has 80 valence electrons. The monoisotopic (exact) mass is 198 g/mol. The van der Waals surface area contributed by atoms with Crippen molar-refractivity contribution in [2.75, 3.05) is 6.54 Å². The lowest BCUT2D eigenvalue weighted by atomic mass is 10.1. The van der Waals surface area contributed by atoms with Crippen molar-refractivity contribution in [1.82, 2.24) is 5.32 Å². The van der Waals surface area contributed by atoms with Gasteiger partial charge in [0.15, 0.2) is 0 Å². The van der Waals surface area contributed by atoms with Crippen molar-refractivity contribution in [2.24, 2.45) is 5.92 Å². The molecule has 0 spiro atoms. The molecule has 0 rings (SSSR count). The number of carbonyl (C=O) groups is 1. The van der Waals surface area contributed by atoms with Gasteiger partial charge in [-0.25, -0.2) is 0 Å². The fraction of sp³-hybridized carbons (Fsp3) is 0.800. The molecule has 14 heavy (non-hydrogen) atoms. The van der Waals surface area contributed by atoms with E-state index in [2.05, 4.69) is 5.32 Å². The molecule has 4 nitrogen and oxygen atoms in total. The number of aliphatic hydroxyl groups is 1. The van der Waals surface area contributed by atoms with Crippen molar-refractivity contribution >= 4 is 5.91 Å². The van der Waals surface area contributed by atoms with Crippen LogP contribution in [0.25, 0.3) is 0 Å². The summed E-state index contributed by atoms with van der Waals surface area (Å²) in [6, 6.07) is 1.93. The first kappa shape index (κ1) is 12.9. The van der Waals surface area contributed by atoms with Gasteiger partial charge >= 0.3 is 0 Å². The fourth-order valence-corrected chi connectivity index (χ4v) is 1.02. The Balaban J connectivity index is 3.69. The number of nitrogens with zero attached hydrogens (tertiary/aromatic N) is 1. The third kappa shape index (κ3) is 4.83. The molecule has 0 saturated heterocycles. The molecule has 0 aliphatic carbocycles. The van der Waals surface area contributed by atoms with Gasteiger partial charge in [-0.2, -0.15) is 5.26 Å². The predicted octanol–water partition coefficient (Wildman–Crippen LogP) is 0.813. The van der Waals surface area contributed by atoms with Gasteiger partial charge in [0, 0.05) is 6.54 Å². The maximum atomic E-state index is 11.3. The minimum atomic E-state index is -0.561. The normalized spacial score (nSPS) is 14.1. The molecule has 2 unspecified atom stereocenters. The Morgan fingerprint density at radius 3 is 2.57 bits per heavy atom. The molecule has 0 radical (unpaired) electrons. The number of rotatable bonds is 6. The van der Waals surface area contributed by atoms with Crippen LogP contribution in [0, 0.1) is 17.2 Å². The Bertz CT molecular complexity index is 211. The van der Waals surface area contributed by atoms with Gasteiger partial charge in [-0.15, -0.1) is 0 Å². The number of amides is 1. The van der Waals surface area contributed by atoms with E-state index >= 15 is 0 Å². The smallest absolute Gasteiger partial charge is 0.237 e. The van der Waals surface area contributed by atoms with E-state index in [0.717, 1.165) is 0 Å². The number of carbonyl (C=O) groups excluding carboxylic acids is 1. The maximum absolute atomic E-state index is 11.3. The molecule has 4 heteroatoms. The second-order valence-electron chi connectivity index (χ2n) is 3.23. The van der Waals surface area contributed by atoms with E-state index < -0.39 is 5.92 Å². The van der Waals surface area contributed by atoms with Crippen molar-refractivity contribution in [3.8, 4) is 6.07 Å². The Labute approximate surface area is 84.9 Å². The van der Waals surface area contributed by atoms with E-state index in [0.29, 0.717) is 25.8 Å².